The maximum atomic E-state index is 14.2. The second-order valence-corrected chi connectivity index (χ2v) is 7.15. The Bertz CT molecular complexity index is 1110. The average molecular weight is 497 g/mol. The number of benzene rings is 2. The van der Waals surface area contributed by atoms with Crippen LogP contribution in [0.3, 0.4) is 0 Å². The van der Waals surface area contributed by atoms with E-state index < -0.39 is 53.3 Å². The number of nitrogens with zero attached hydrogens (tertiary/aromatic N) is 1. The third kappa shape index (κ3) is 4.79. The molecule has 0 aromatic heterocycles. The van der Waals surface area contributed by atoms with Crippen molar-refractivity contribution in [2.45, 2.75) is 6.18 Å². The minimum absolute atomic E-state index is 0.0531. The Labute approximate surface area is 186 Å². The van der Waals surface area contributed by atoms with Crippen molar-refractivity contribution < 1.29 is 41.4 Å². The molecule has 2 amide bonds. The van der Waals surface area contributed by atoms with Gasteiger partial charge in [0.15, 0.2) is 23.1 Å². The summed E-state index contributed by atoms with van der Waals surface area (Å²) in [6.45, 7) is -0.752. The molecule has 3 rings (SSSR count). The number of rotatable bonds is 6. The summed E-state index contributed by atoms with van der Waals surface area (Å²) in [5.74, 6) is -6.39. The van der Waals surface area contributed by atoms with Gasteiger partial charge in [0.05, 0.1) is 34.4 Å². The highest BCUT2D eigenvalue weighted by atomic mass is 35.5. The van der Waals surface area contributed by atoms with Crippen molar-refractivity contribution in [3.63, 3.8) is 0 Å². The van der Waals surface area contributed by atoms with E-state index in [1.807, 2.05) is 0 Å². The summed E-state index contributed by atoms with van der Waals surface area (Å²) >= 11 is 11.8. The van der Waals surface area contributed by atoms with Gasteiger partial charge in [-0.25, -0.2) is 8.78 Å². The lowest BCUT2D eigenvalue weighted by Crippen LogP contribution is -2.34. The van der Waals surface area contributed by atoms with Gasteiger partial charge in [-0.2, -0.15) is 13.2 Å². The van der Waals surface area contributed by atoms with Crippen LogP contribution in [0, 0.1) is 11.6 Å². The van der Waals surface area contributed by atoms with Gasteiger partial charge in [-0.05, 0) is 18.2 Å². The summed E-state index contributed by atoms with van der Waals surface area (Å²) < 4.78 is 71.8. The molecule has 2 aromatic carbocycles. The molecule has 32 heavy (non-hydrogen) atoms. The number of hydrogen-bond acceptors (Lipinski definition) is 5. The molecule has 2 N–H and O–H groups in total. The smallest absolute Gasteiger partial charge is 0.416 e. The van der Waals surface area contributed by atoms with E-state index in [2.05, 4.69) is 5.32 Å². The molecule has 2 aromatic rings. The summed E-state index contributed by atoms with van der Waals surface area (Å²) in [7, 11) is 0. The van der Waals surface area contributed by atoms with Crippen molar-refractivity contribution in [3.05, 3.63) is 63.3 Å². The quantitative estimate of drug-likeness (QED) is 0.446. The highest BCUT2D eigenvalue weighted by molar-refractivity contribution is 6.42. The zero-order chi connectivity index (χ0) is 23.8. The number of carbonyl (C=O) groups is 2. The Morgan fingerprint density at radius 3 is 2.19 bits per heavy atom. The SMILES string of the molecule is O=C1C=C(Nc2cc(Cl)c(Cl)cc2Oc2c(F)cc(C(F)(F)F)cc2F)C(=O)N1CCO. The molecule has 6 nitrogen and oxygen atoms in total. The first-order chi connectivity index (χ1) is 14.9. The normalized spacial score (nSPS) is 14.1. The highest BCUT2D eigenvalue weighted by Crippen LogP contribution is 2.41. The minimum atomic E-state index is -4.99. The lowest BCUT2D eigenvalue weighted by Gasteiger charge is -2.17. The van der Waals surface area contributed by atoms with E-state index >= 15 is 0 Å². The maximum absolute atomic E-state index is 14.2. The van der Waals surface area contributed by atoms with Gasteiger partial charge in [-0.1, -0.05) is 23.2 Å². The minimum Gasteiger partial charge on any atom is -0.449 e. The molecule has 1 heterocycles. The molecule has 0 aliphatic carbocycles. The van der Waals surface area contributed by atoms with E-state index in [0.717, 1.165) is 23.1 Å². The third-order valence-corrected chi connectivity index (χ3v) is 4.88. The number of ether oxygens (including phenoxy) is 1. The monoisotopic (exact) mass is 496 g/mol. The van der Waals surface area contributed by atoms with Crippen LogP contribution in [0.15, 0.2) is 36.0 Å². The van der Waals surface area contributed by atoms with Crippen molar-refractivity contribution in [1.82, 2.24) is 4.90 Å². The third-order valence-electron chi connectivity index (χ3n) is 4.16. The molecule has 0 unspecified atom stereocenters. The molecule has 13 heteroatoms. The van der Waals surface area contributed by atoms with Crippen molar-refractivity contribution in [1.29, 1.82) is 0 Å². The zero-order valence-electron chi connectivity index (χ0n) is 15.6. The Hall–Kier alpha value is -2.89. The molecule has 0 fully saturated rings. The molecular formula is C19H11Cl2F5N2O4. The Morgan fingerprint density at radius 1 is 1.03 bits per heavy atom. The van der Waals surface area contributed by atoms with Crippen LogP contribution in [0.2, 0.25) is 10.0 Å². The van der Waals surface area contributed by atoms with Gasteiger partial charge in [0.25, 0.3) is 11.8 Å². The van der Waals surface area contributed by atoms with E-state index in [9.17, 15) is 31.5 Å². The molecule has 0 saturated carbocycles. The van der Waals surface area contributed by atoms with Crippen molar-refractivity contribution >= 4 is 40.7 Å². The fourth-order valence-corrected chi connectivity index (χ4v) is 3.01. The van der Waals surface area contributed by atoms with E-state index in [-0.39, 0.29) is 40.1 Å². The number of anilines is 1. The molecule has 0 saturated heterocycles. The molecule has 0 atom stereocenters. The predicted molar refractivity (Wildman–Crippen MR) is 103 cm³/mol. The first kappa shape index (κ1) is 23.8. The lowest BCUT2D eigenvalue weighted by molar-refractivity contribution is -0.138. The number of halogens is 7. The highest BCUT2D eigenvalue weighted by Gasteiger charge is 2.34. The van der Waals surface area contributed by atoms with Gasteiger partial charge in [0.1, 0.15) is 5.70 Å². The summed E-state index contributed by atoms with van der Waals surface area (Å²) in [6.07, 6.45) is -4.08. The van der Waals surface area contributed by atoms with Gasteiger partial charge >= 0.3 is 6.18 Å². The van der Waals surface area contributed by atoms with Gasteiger partial charge in [0.2, 0.25) is 0 Å². The van der Waals surface area contributed by atoms with E-state index in [0.29, 0.717) is 0 Å². The molecule has 170 valence electrons. The maximum Gasteiger partial charge on any atom is 0.416 e. The van der Waals surface area contributed by atoms with Crippen LogP contribution >= 0.6 is 23.2 Å². The summed E-state index contributed by atoms with van der Waals surface area (Å²) in [5, 5.41) is 11.3. The van der Waals surface area contributed by atoms with Crippen LogP contribution in [-0.4, -0.2) is 35.0 Å². The van der Waals surface area contributed by atoms with Gasteiger partial charge in [-0.15, -0.1) is 0 Å². The molecule has 0 bridgehead atoms. The Kier molecular flexibility index (Phi) is 6.63. The fourth-order valence-electron chi connectivity index (χ4n) is 2.70. The molecule has 1 aliphatic rings. The van der Waals surface area contributed by atoms with E-state index in [4.69, 9.17) is 33.0 Å². The van der Waals surface area contributed by atoms with Gasteiger partial charge in [0, 0.05) is 12.1 Å². The first-order valence-electron chi connectivity index (χ1n) is 8.61. The molecule has 0 spiro atoms. The average Bonchev–Trinajstić information content (AvgIpc) is 2.95. The zero-order valence-corrected chi connectivity index (χ0v) is 17.1. The molecular weight excluding hydrogens is 486 g/mol. The van der Waals surface area contributed by atoms with Gasteiger partial charge < -0.3 is 15.2 Å². The number of carbonyl (C=O) groups excluding carboxylic acids is 2. The summed E-state index contributed by atoms with van der Waals surface area (Å²) in [5.41, 5.74) is -2.01. The van der Waals surface area contributed by atoms with Crippen LogP contribution in [-0.2, 0) is 15.8 Å². The number of aliphatic hydroxyl groups is 1. The Balaban J connectivity index is 1.98. The standard InChI is InChI=1S/C19H11Cl2F5N2O4/c20-9-5-13(27-14-7-16(30)28(1-2-29)18(14)31)15(6-10(9)21)32-17-11(22)3-8(4-12(17)23)19(24,25)26/h3-7,27,29H,1-2H2. The van der Waals surface area contributed by atoms with Crippen LogP contribution in [0.5, 0.6) is 11.5 Å². The largest absolute Gasteiger partial charge is 0.449 e. The number of alkyl halides is 3. The van der Waals surface area contributed by atoms with Crippen molar-refractivity contribution in [3.8, 4) is 11.5 Å². The van der Waals surface area contributed by atoms with Gasteiger partial charge in [-0.3, -0.25) is 14.5 Å². The number of hydrogen-bond donors (Lipinski definition) is 2. The predicted octanol–water partition coefficient (Wildman–Crippen LogP) is 4.74. The van der Waals surface area contributed by atoms with E-state index in [1.165, 1.54) is 0 Å². The number of imide groups is 1. The number of nitrogens with one attached hydrogen (secondary N) is 1. The number of aliphatic hydroxyl groups excluding tert-OH is 1. The summed E-state index contributed by atoms with van der Waals surface area (Å²) in [4.78, 5) is 24.9. The van der Waals surface area contributed by atoms with Crippen LogP contribution in [0.4, 0.5) is 27.6 Å². The lowest BCUT2D eigenvalue weighted by atomic mass is 10.2. The fraction of sp³-hybridized carbons (Fsp3) is 0.158. The second kappa shape index (κ2) is 8.93. The topological polar surface area (TPSA) is 78.9 Å². The van der Waals surface area contributed by atoms with Crippen LogP contribution in [0.25, 0.3) is 0 Å². The molecule has 0 radical (unpaired) electrons. The molecule has 1 aliphatic heterocycles. The van der Waals surface area contributed by atoms with Crippen LogP contribution < -0.4 is 10.1 Å². The number of β-amino-alcohol motifs (C(OH)–C–C–N with tert-alkyl or cyclic N) is 1. The number of amides is 2. The second-order valence-electron chi connectivity index (χ2n) is 6.33. The summed E-state index contributed by atoms with van der Waals surface area (Å²) in [6, 6.07) is 2.23. The Morgan fingerprint density at radius 2 is 1.62 bits per heavy atom. The first-order valence-corrected chi connectivity index (χ1v) is 9.36. The van der Waals surface area contributed by atoms with E-state index in [1.54, 1.807) is 0 Å². The van der Waals surface area contributed by atoms with Crippen LogP contribution in [0.1, 0.15) is 5.56 Å². The van der Waals surface area contributed by atoms with Crippen molar-refractivity contribution in [2.24, 2.45) is 0 Å². The van der Waals surface area contributed by atoms with Crippen molar-refractivity contribution in [2.75, 3.05) is 18.5 Å².